The summed E-state index contributed by atoms with van der Waals surface area (Å²) in [6.45, 7) is 6.50. The lowest BCUT2D eigenvalue weighted by atomic mass is 10.1. The van der Waals surface area contributed by atoms with Crippen molar-refractivity contribution in [1.29, 1.82) is 0 Å². The molecule has 1 atom stereocenters. The Balaban J connectivity index is 1.60. The van der Waals surface area contributed by atoms with Crippen LogP contribution < -0.4 is 21.5 Å². The zero-order valence-corrected chi connectivity index (χ0v) is 18.4. The van der Waals surface area contributed by atoms with Gasteiger partial charge in [0.2, 0.25) is 0 Å². The molecule has 4 N–H and O–H groups in total. The van der Waals surface area contributed by atoms with Crippen molar-refractivity contribution >= 4 is 23.0 Å². The van der Waals surface area contributed by atoms with Crippen molar-refractivity contribution in [3.8, 4) is 6.01 Å². The van der Waals surface area contributed by atoms with Crippen LogP contribution in [0.3, 0.4) is 0 Å². The van der Waals surface area contributed by atoms with Gasteiger partial charge < -0.3 is 25.5 Å². The number of nitrogens with zero attached hydrogens (tertiary/aromatic N) is 4. The highest BCUT2D eigenvalue weighted by molar-refractivity contribution is 5.81. The molecule has 3 heterocycles. The number of H-pyrrole nitrogens is 1. The Morgan fingerprint density at radius 3 is 2.84 bits per heavy atom. The summed E-state index contributed by atoms with van der Waals surface area (Å²) in [6.07, 6.45) is 3.95. The number of aryl methyl sites for hydroxylation is 1. The fourth-order valence-corrected chi connectivity index (χ4v) is 3.77. The number of nitrogens with two attached hydrogens (primary N) is 1. The number of unbranched alkanes of at least 4 members (excludes halogenated alkanes) is 2. The topological polar surface area (TPSA) is 140 Å². The average Bonchev–Trinajstić information content (AvgIpc) is 3.08. The lowest BCUT2D eigenvalue weighted by molar-refractivity contribution is -0.142. The molecular weight excluding hydrogens is 402 g/mol. The number of fused-ring (bicyclic) bond motifs is 1. The maximum Gasteiger partial charge on any atom is 0.327 e. The van der Waals surface area contributed by atoms with Gasteiger partial charge in [-0.3, -0.25) is 14.3 Å². The first-order valence-corrected chi connectivity index (χ1v) is 10.9. The lowest BCUT2D eigenvalue weighted by Crippen LogP contribution is -2.52. The zero-order chi connectivity index (χ0) is 22.2. The normalized spacial score (nSPS) is 17.2. The number of hydrogen-bond donors (Lipinski definition) is 3. The summed E-state index contributed by atoms with van der Waals surface area (Å²) in [7, 11) is 1.42. The first-order valence-electron chi connectivity index (χ1n) is 10.9. The van der Waals surface area contributed by atoms with E-state index in [2.05, 4.69) is 32.1 Å². The van der Waals surface area contributed by atoms with Crippen molar-refractivity contribution in [3.63, 3.8) is 0 Å². The minimum absolute atomic E-state index is 0.132. The molecule has 1 saturated heterocycles. The van der Waals surface area contributed by atoms with Crippen LogP contribution in [0.15, 0.2) is 4.79 Å². The van der Waals surface area contributed by atoms with Gasteiger partial charge in [-0.15, -0.1) is 0 Å². The fourth-order valence-electron chi connectivity index (χ4n) is 3.77. The van der Waals surface area contributed by atoms with E-state index in [0.717, 1.165) is 51.9 Å². The predicted octanol–water partition coefficient (Wildman–Crippen LogP) is 0.498. The molecule has 0 amide bonds. The van der Waals surface area contributed by atoms with Gasteiger partial charge in [-0.05, 0) is 25.8 Å². The third kappa shape index (κ3) is 5.95. The van der Waals surface area contributed by atoms with E-state index in [4.69, 9.17) is 15.2 Å². The van der Waals surface area contributed by atoms with Crippen molar-refractivity contribution in [2.75, 3.05) is 45.6 Å². The van der Waals surface area contributed by atoms with Gasteiger partial charge in [0.15, 0.2) is 11.5 Å². The van der Waals surface area contributed by atoms with Gasteiger partial charge in [-0.1, -0.05) is 13.3 Å². The standard InChI is InChI=1S/C20H33N7O4/c1-3-4-11-31-19-24-17(21)16-18(25-19)27(20(29)23-16)9-6-5-8-26-10-7-22-13-14(26)12-15(28)30-2/h14,22H,3-13H2,1-2H3,(H,23,29)(H2,21,24,25). The van der Waals surface area contributed by atoms with Crippen LogP contribution in [-0.4, -0.2) is 76.3 Å². The Morgan fingerprint density at radius 2 is 2.06 bits per heavy atom. The van der Waals surface area contributed by atoms with Crippen molar-refractivity contribution in [3.05, 3.63) is 10.5 Å². The maximum atomic E-state index is 12.4. The summed E-state index contributed by atoms with van der Waals surface area (Å²) in [5.74, 6) is 0.0112. The molecule has 0 radical (unpaired) electrons. The van der Waals surface area contributed by atoms with Gasteiger partial charge in [0, 0.05) is 32.2 Å². The molecule has 31 heavy (non-hydrogen) atoms. The van der Waals surface area contributed by atoms with Gasteiger partial charge in [-0.2, -0.15) is 9.97 Å². The minimum Gasteiger partial charge on any atom is -0.469 e. The molecule has 0 aromatic carbocycles. The number of nitrogens with one attached hydrogen (secondary N) is 2. The highest BCUT2D eigenvalue weighted by Gasteiger charge is 2.24. The molecule has 0 bridgehead atoms. The SMILES string of the molecule is CCCCOc1nc(N)c2[nH]c(=O)n(CCCCN3CCNCC3CC(=O)OC)c2n1. The molecule has 1 aliphatic rings. The number of anilines is 1. The van der Waals surface area contributed by atoms with Crippen LogP contribution in [0.1, 0.15) is 39.0 Å². The lowest BCUT2D eigenvalue weighted by Gasteiger charge is -2.35. The first kappa shape index (κ1) is 23.0. The number of methoxy groups -OCH3 is 1. The molecule has 11 heteroatoms. The van der Waals surface area contributed by atoms with Crippen LogP contribution in [0, 0.1) is 0 Å². The molecule has 11 nitrogen and oxygen atoms in total. The third-order valence-electron chi connectivity index (χ3n) is 5.54. The number of carbonyl (C=O) groups excluding carboxylic acids is 1. The van der Waals surface area contributed by atoms with Crippen LogP contribution >= 0.6 is 0 Å². The molecule has 1 fully saturated rings. The Hall–Kier alpha value is -2.66. The largest absolute Gasteiger partial charge is 0.469 e. The van der Waals surface area contributed by atoms with Crippen molar-refractivity contribution in [2.45, 2.75) is 51.6 Å². The van der Waals surface area contributed by atoms with E-state index in [1.165, 1.54) is 7.11 Å². The Morgan fingerprint density at radius 1 is 1.26 bits per heavy atom. The smallest absolute Gasteiger partial charge is 0.327 e. The third-order valence-corrected chi connectivity index (χ3v) is 5.54. The number of aromatic nitrogens is 4. The second-order valence-corrected chi connectivity index (χ2v) is 7.76. The summed E-state index contributed by atoms with van der Waals surface area (Å²) in [5, 5.41) is 3.33. The monoisotopic (exact) mass is 435 g/mol. The Kier molecular flexibility index (Phi) is 8.24. The van der Waals surface area contributed by atoms with Gasteiger partial charge >= 0.3 is 17.7 Å². The van der Waals surface area contributed by atoms with Crippen LogP contribution in [0.4, 0.5) is 5.82 Å². The molecule has 1 unspecified atom stereocenters. The number of aromatic amines is 1. The number of esters is 1. The van der Waals surface area contributed by atoms with E-state index < -0.39 is 0 Å². The van der Waals surface area contributed by atoms with Crippen molar-refractivity contribution in [2.24, 2.45) is 0 Å². The number of hydrogen-bond acceptors (Lipinski definition) is 9. The molecular formula is C20H33N7O4. The molecule has 172 valence electrons. The Bertz CT molecular complexity index is 926. The second-order valence-electron chi connectivity index (χ2n) is 7.76. The first-order chi connectivity index (χ1) is 15.0. The van der Waals surface area contributed by atoms with E-state index in [0.29, 0.717) is 30.7 Å². The second kappa shape index (κ2) is 11.1. The highest BCUT2D eigenvalue weighted by atomic mass is 16.5. The van der Waals surface area contributed by atoms with Crippen molar-refractivity contribution < 1.29 is 14.3 Å². The summed E-state index contributed by atoms with van der Waals surface area (Å²) in [5.41, 5.74) is 6.65. The fraction of sp³-hybridized carbons (Fsp3) is 0.700. The highest BCUT2D eigenvalue weighted by Crippen LogP contribution is 2.18. The molecule has 0 spiro atoms. The van der Waals surface area contributed by atoms with Gasteiger partial charge in [0.1, 0.15) is 5.52 Å². The number of ether oxygens (including phenoxy) is 2. The molecule has 0 saturated carbocycles. The minimum atomic E-state index is -0.257. The Labute approximate surface area is 181 Å². The van der Waals surface area contributed by atoms with Crippen LogP contribution in [0.2, 0.25) is 0 Å². The zero-order valence-electron chi connectivity index (χ0n) is 18.4. The van der Waals surface area contributed by atoms with E-state index in [1.54, 1.807) is 4.57 Å². The molecule has 2 aromatic rings. The summed E-state index contributed by atoms with van der Waals surface area (Å²) >= 11 is 0. The maximum absolute atomic E-state index is 12.4. The quantitative estimate of drug-likeness (QED) is 0.340. The van der Waals surface area contributed by atoms with Crippen LogP contribution in [-0.2, 0) is 16.1 Å². The summed E-state index contributed by atoms with van der Waals surface area (Å²) < 4.78 is 12.0. The molecule has 3 rings (SSSR count). The molecule has 1 aliphatic heterocycles. The molecule has 2 aromatic heterocycles. The van der Waals surface area contributed by atoms with E-state index in [9.17, 15) is 9.59 Å². The average molecular weight is 436 g/mol. The van der Waals surface area contributed by atoms with Gasteiger partial charge in [0.05, 0.1) is 20.1 Å². The van der Waals surface area contributed by atoms with Gasteiger partial charge in [-0.25, -0.2) is 4.79 Å². The molecule has 0 aliphatic carbocycles. The van der Waals surface area contributed by atoms with Crippen LogP contribution in [0.25, 0.3) is 11.2 Å². The van der Waals surface area contributed by atoms with E-state index in [1.807, 2.05) is 0 Å². The number of piperazine rings is 1. The van der Waals surface area contributed by atoms with Crippen molar-refractivity contribution in [1.82, 2.24) is 29.7 Å². The van der Waals surface area contributed by atoms with Gasteiger partial charge in [0.25, 0.3) is 0 Å². The number of rotatable bonds is 11. The number of imidazole rings is 1. The summed E-state index contributed by atoms with van der Waals surface area (Å²) in [6, 6.07) is 0.324. The predicted molar refractivity (Wildman–Crippen MR) is 117 cm³/mol. The van der Waals surface area contributed by atoms with E-state index >= 15 is 0 Å². The summed E-state index contributed by atoms with van der Waals surface area (Å²) in [4.78, 5) is 37.7. The van der Waals surface area contributed by atoms with E-state index in [-0.39, 0.29) is 29.5 Å². The van der Waals surface area contributed by atoms with Crippen LogP contribution in [0.5, 0.6) is 6.01 Å². The number of nitrogen functional groups attached to an aromatic ring is 1. The number of carbonyl (C=O) groups is 1.